The first-order chi connectivity index (χ1) is 19.9. The van der Waals surface area contributed by atoms with Crippen molar-refractivity contribution in [1.29, 1.82) is 0 Å². The van der Waals surface area contributed by atoms with E-state index in [0.29, 0.717) is 0 Å². The molecule has 0 unspecified atom stereocenters. The van der Waals surface area contributed by atoms with Crippen molar-refractivity contribution in [2.45, 2.75) is 103 Å². The smallest absolute Gasteiger partial charge is 0.209 e. The SMILES string of the molecule is CC1(C)C2=CC=CC=CC=CC3=[N+](CCCCCCCCCCCCN2c2ccccc21)c1ccccc1C3(C)C. The second-order valence-electron chi connectivity index (χ2n) is 13.2. The topological polar surface area (TPSA) is 6.25 Å². The molecule has 2 aromatic carbocycles. The van der Waals surface area contributed by atoms with Crippen LogP contribution in [0.4, 0.5) is 11.4 Å². The standard InChI is InChI=1S/C39H51N2/c1-38(2)32-24-18-20-26-34(32)40-30-22-14-9-7-5-6-8-10-15-23-31-41-35-27-21-19-25-33(35)39(3,4)37(41)29-17-13-11-12-16-28-36(38)40/h11-13,16-21,24-29H,5-10,14-15,22-23,30-31H2,1-4H3/q+1. The van der Waals surface area contributed by atoms with Crippen molar-refractivity contribution in [2.75, 3.05) is 18.0 Å². The predicted molar refractivity (Wildman–Crippen MR) is 178 cm³/mol. The van der Waals surface area contributed by atoms with Crippen LogP contribution >= 0.6 is 0 Å². The number of nitrogens with zero attached hydrogens (tertiary/aromatic N) is 2. The minimum Gasteiger partial charge on any atom is -0.344 e. The molecule has 0 saturated heterocycles. The maximum Gasteiger partial charge on any atom is 0.209 e. The fourth-order valence-corrected chi connectivity index (χ4v) is 7.20. The third-order valence-electron chi connectivity index (χ3n) is 9.56. The maximum absolute atomic E-state index is 2.59. The Bertz CT molecular complexity index is 1350. The van der Waals surface area contributed by atoms with Crippen LogP contribution < -0.4 is 4.90 Å². The predicted octanol–water partition coefficient (Wildman–Crippen LogP) is 10.3. The zero-order valence-electron chi connectivity index (χ0n) is 26.0. The lowest BCUT2D eigenvalue weighted by Crippen LogP contribution is -2.27. The average Bonchev–Trinajstić information content (AvgIpc) is 3.31. The molecule has 3 aliphatic rings. The van der Waals surface area contributed by atoms with E-state index in [1.54, 1.807) is 0 Å². The molecule has 5 rings (SSSR count). The minimum atomic E-state index is 0.0139. The van der Waals surface area contributed by atoms with Crippen LogP contribution in [-0.2, 0) is 10.8 Å². The zero-order chi connectivity index (χ0) is 28.7. The summed E-state index contributed by atoms with van der Waals surface area (Å²) >= 11 is 0. The van der Waals surface area contributed by atoms with E-state index in [-0.39, 0.29) is 10.8 Å². The number of fused-ring (bicyclic) bond motifs is 5. The highest BCUT2D eigenvalue weighted by molar-refractivity contribution is 6.03. The van der Waals surface area contributed by atoms with Gasteiger partial charge in [-0.25, -0.2) is 0 Å². The summed E-state index contributed by atoms with van der Waals surface area (Å²) in [5.41, 5.74) is 8.52. The summed E-state index contributed by atoms with van der Waals surface area (Å²) in [6.45, 7) is 11.7. The van der Waals surface area contributed by atoms with Gasteiger partial charge in [0.2, 0.25) is 5.69 Å². The Morgan fingerprint density at radius 1 is 0.585 bits per heavy atom. The van der Waals surface area contributed by atoms with Gasteiger partial charge in [-0.1, -0.05) is 126 Å². The van der Waals surface area contributed by atoms with Gasteiger partial charge in [-0.2, -0.15) is 4.58 Å². The molecule has 0 radical (unpaired) electrons. The summed E-state index contributed by atoms with van der Waals surface area (Å²) < 4.78 is 2.59. The molecule has 0 bridgehead atoms. The molecular weight excluding hydrogens is 496 g/mol. The van der Waals surface area contributed by atoms with Gasteiger partial charge in [-0.15, -0.1) is 0 Å². The van der Waals surface area contributed by atoms with Crippen molar-refractivity contribution in [3.8, 4) is 0 Å². The highest BCUT2D eigenvalue weighted by atomic mass is 15.2. The second kappa shape index (κ2) is 13.2. The Balaban J connectivity index is 1.39. The number of allylic oxidation sites excluding steroid dienone is 8. The highest BCUT2D eigenvalue weighted by Crippen LogP contribution is 2.47. The van der Waals surface area contributed by atoms with Gasteiger partial charge >= 0.3 is 0 Å². The molecule has 216 valence electrons. The van der Waals surface area contributed by atoms with Crippen molar-refractivity contribution in [3.05, 3.63) is 108 Å². The lowest BCUT2D eigenvalue weighted by atomic mass is 9.81. The molecule has 2 nitrogen and oxygen atoms in total. The van der Waals surface area contributed by atoms with E-state index in [2.05, 4.69) is 128 Å². The van der Waals surface area contributed by atoms with Gasteiger partial charge in [0.15, 0.2) is 5.71 Å². The molecule has 3 heterocycles. The van der Waals surface area contributed by atoms with E-state index in [1.165, 1.54) is 98.1 Å². The van der Waals surface area contributed by atoms with Crippen LogP contribution in [0.25, 0.3) is 0 Å². The van der Waals surface area contributed by atoms with Crippen LogP contribution in [0.1, 0.15) is 103 Å². The fraction of sp³-hybridized carbons (Fsp3) is 0.462. The monoisotopic (exact) mass is 547 g/mol. The first kappa shape index (κ1) is 29.4. The van der Waals surface area contributed by atoms with E-state index in [4.69, 9.17) is 0 Å². The first-order valence-corrected chi connectivity index (χ1v) is 16.3. The molecule has 2 aromatic rings. The Kier molecular flexibility index (Phi) is 9.48. The Morgan fingerprint density at radius 2 is 1.17 bits per heavy atom. The molecule has 3 aliphatic heterocycles. The van der Waals surface area contributed by atoms with Crippen LogP contribution in [0.15, 0.2) is 96.8 Å². The molecular formula is C39H51N2+. The highest BCUT2D eigenvalue weighted by Gasteiger charge is 2.43. The molecule has 0 aromatic heterocycles. The lowest BCUT2D eigenvalue weighted by molar-refractivity contribution is -0.438. The summed E-state index contributed by atoms with van der Waals surface area (Å²) in [4.78, 5) is 2.59. The van der Waals surface area contributed by atoms with E-state index < -0.39 is 0 Å². The van der Waals surface area contributed by atoms with E-state index in [9.17, 15) is 0 Å². The fourth-order valence-electron chi connectivity index (χ4n) is 7.20. The van der Waals surface area contributed by atoms with Gasteiger partial charge in [0.05, 0.1) is 5.41 Å². The minimum absolute atomic E-state index is 0.0139. The van der Waals surface area contributed by atoms with Gasteiger partial charge in [-0.3, -0.25) is 0 Å². The van der Waals surface area contributed by atoms with Crippen molar-refractivity contribution < 1.29 is 4.58 Å². The van der Waals surface area contributed by atoms with Crippen molar-refractivity contribution in [1.82, 2.24) is 0 Å². The first-order valence-electron chi connectivity index (χ1n) is 16.3. The molecule has 0 spiro atoms. The van der Waals surface area contributed by atoms with Crippen LogP contribution in [0, 0.1) is 0 Å². The summed E-state index contributed by atoms with van der Waals surface area (Å²) in [5.74, 6) is 0. The zero-order valence-corrected chi connectivity index (χ0v) is 26.0. The third kappa shape index (κ3) is 6.37. The summed E-state index contributed by atoms with van der Waals surface area (Å²) in [6.07, 6.45) is 29.1. The molecule has 0 fully saturated rings. The van der Waals surface area contributed by atoms with Gasteiger partial charge in [0.25, 0.3) is 0 Å². The molecule has 0 saturated carbocycles. The Labute approximate surface area is 249 Å². The van der Waals surface area contributed by atoms with Crippen molar-refractivity contribution in [3.63, 3.8) is 0 Å². The van der Waals surface area contributed by atoms with E-state index in [1.807, 2.05) is 0 Å². The number of hydrogen-bond acceptors (Lipinski definition) is 1. The van der Waals surface area contributed by atoms with Crippen molar-refractivity contribution >= 4 is 17.1 Å². The normalized spacial score (nSPS) is 21.6. The summed E-state index contributed by atoms with van der Waals surface area (Å²) in [5, 5.41) is 0. The Hall–Kier alpha value is -3.13. The van der Waals surface area contributed by atoms with E-state index in [0.717, 1.165) is 13.1 Å². The lowest BCUT2D eigenvalue weighted by Gasteiger charge is -2.27. The van der Waals surface area contributed by atoms with Crippen LogP contribution in [0.3, 0.4) is 0 Å². The number of benzene rings is 2. The molecule has 0 aliphatic carbocycles. The van der Waals surface area contributed by atoms with Crippen LogP contribution in [0.5, 0.6) is 0 Å². The molecule has 41 heavy (non-hydrogen) atoms. The Morgan fingerprint density at radius 3 is 1.93 bits per heavy atom. The summed E-state index contributed by atoms with van der Waals surface area (Å²) in [6, 6.07) is 18.0. The number of anilines is 1. The van der Waals surface area contributed by atoms with Gasteiger partial charge in [0, 0.05) is 47.5 Å². The molecule has 0 N–H and O–H groups in total. The van der Waals surface area contributed by atoms with Crippen molar-refractivity contribution in [2.24, 2.45) is 0 Å². The number of hydrogen-bond donors (Lipinski definition) is 0. The largest absolute Gasteiger partial charge is 0.344 e. The maximum atomic E-state index is 2.59. The molecule has 0 amide bonds. The second-order valence-corrected chi connectivity index (χ2v) is 13.2. The summed E-state index contributed by atoms with van der Waals surface area (Å²) in [7, 11) is 0. The molecule has 2 heteroatoms. The number of para-hydroxylation sites is 2. The van der Waals surface area contributed by atoms with Gasteiger partial charge in [-0.05, 0) is 44.4 Å². The number of rotatable bonds is 0. The quantitative estimate of drug-likeness (QED) is 0.297. The van der Waals surface area contributed by atoms with Crippen LogP contribution in [0.2, 0.25) is 0 Å². The third-order valence-corrected chi connectivity index (χ3v) is 9.56. The van der Waals surface area contributed by atoms with Gasteiger partial charge in [0.1, 0.15) is 6.54 Å². The van der Waals surface area contributed by atoms with Gasteiger partial charge < -0.3 is 4.90 Å². The van der Waals surface area contributed by atoms with E-state index >= 15 is 0 Å². The molecule has 0 atom stereocenters. The average molecular weight is 548 g/mol. The van der Waals surface area contributed by atoms with Crippen LogP contribution in [-0.4, -0.2) is 23.4 Å².